The van der Waals surface area contributed by atoms with Gasteiger partial charge in [0.2, 0.25) is 0 Å². The fourth-order valence-corrected chi connectivity index (χ4v) is 4.72. The van der Waals surface area contributed by atoms with Crippen molar-refractivity contribution in [2.75, 3.05) is 38.1 Å². The first-order chi connectivity index (χ1) is 12.2. The first-order valence-electron chi connectivity index (χ1n) is 9.67. The van der Waals surface area contributed by atoms with E-state index in [0.29, 0.717) is 24.0 Å². The van der Waals surface area contributed by atoms with Crippen molar-refractivity contribution < 1.29 is 9.53 Å². The van der Waals surface area contributed by atoms with Gasteiger partial charge in [0.15, 0.2) is 0 Å². The van der Waals surface area contributed by atoms with E-state index >= 15 is 0 Å². The molecule has 1 aromatic carbocycles. The third-order valence-corrected chi connectivity index (χ3v) is 6.13. The Kier molecular flexibility index (Phi) is 4.84. The second-order valence-corrected chi connectivity index (χ2v) is 7.72. The zero-order valence-corrected chi connectivity index (χ0v) is 15.1. The van der Waals surface area contributed by atoms with Crippen molar-refractivity contribution in [1.82, 2.24) is 10.2 Å². The van der Waals surface area contributed by atoms with Crippen LogP contribution in [0.2, 0.25) is 0 Å². The Balaban J connectivity index is 1.13. The van der Waals surface area contributed by atoms with Crippen molar-refractivity contribution in [3.8, 4) is 0 Å². The van der Waals surface area contributed by atoms with E-state index in [9.17, 15) is 4.79 Å². The molecule has 4 rings (SSSR count). The molecule has 0 aromatic heterocycles. The molecule has 0 aliphatic carbocycles. The Hall–Kier alpha value is -1.75. The fraction of sp³-hybridized carbons (Fsp3) is 0.650. The molecule has 3 aliphatic heterocycles. The first kappa shape index (κ1) is 16.7. The maximum atomic E-state index is 12.4. The third kappa shape index (κ3) is 3.47. The number of ether oxygens (including phenoxy) is 1. The second-order valence-electron chi connectivity index (χ2n) is 7.72. The van der Waals surface area contributed by atoms with Crippen LogP contribution in [0.25, 0.3) is 0 Å². The van der Waals surface area contributed by atoms with Crippen LogP contribution in [0.15, 0.2) is 30.3 Å². The molecule has 2 amide bonds. The monoisotopic (exact) mass is 343 g/mol. The van der Waals surface area contributed by atoms with Gasteiger partial charge in [-0.1, -0.05) is 18.2 Å². The van der Waals surface area contributed by atoms with Crippen molar-refractivity contribution in [1.29, 1.82) is 0 Å². The van der Waals surface area contributed by atoms with E-state index < -0.39 is 0 Å². The summed E-state index contributed by atoms with van der Waals surface area (Å²) in [5.41, 5.74) is 1.24. The maximum Gasteiger partial charge on any atom is 0.317 e. The van der Waals surface area contributed by atoms with Crippen molar-refractivity contribution in [3.63, 3.8) is 0 Å². The minimum absolute atomic E-state index is 0.116. The molecule has 3 fully saturated rings. The molecule has 2 bridgehead atoms. The van der Waals surface area contributed by atoms with E-state index in [1.807, 2.05) is 11.0 Å². The number of nitrogens with one attached hydrogen (secondary N) is 1. The van der Waals surface area contributed by atoms with Crippen LogP contribution in [0.4, 0.5) is 10.5 Å². The quantitative estimate of drug-likeness (QED) is 0.808. The van der Waals surface area contributed by atoms with Gasteiger partial charge >= 0.3 is 6.03 Å². The SMILES string of the molecule is CN(CCCCNC(=O)N1C[C@H]2[C@H](C1)[C@H]1CC[C@H]2O1)c1ccccc1. The highest BCUT2D eigenvalue weighted by molar-refractivity contribution is 5.74. The number of carbonyl (C=O) groups is 1. The summed E-state index contributed by atoms with van der Waals surface area (Å²) in [6.07, 6.45) is 5.31. The van der Waals surface area contributed by atoms with E-state index in [4.69, 9.17) is 4.74 Å². The minimum atomic E-state index is 0.116. The van der Waals surface area contributed by atoms with Crippen LogP contribution in [-0.2, 0) is 4.74 Å². The number of likely N-dealkylation sites (tertiary alicyclic amines) is 1. The predicted molar refractivity (Wildman–Crippen MR) is 98.8 cm³/mol. The molecule has 136 valence electrons. The smallest absolute Gasteiger partial charge is 0.317 e. The first-order valence-corrected chi connectivity index (χ1v) is 9.67. The molecule has 3 aliphatic rings. The van der Waals surface area contributed by atoms with Gasteiger partial charge in [-0.05, 0) is 37.8 Å². The number of anilines is 1. The zero-order chi connectivity index (χ0) is 17.2. The molecule has 3 heterocycles. The Labute approximate surface area is 150 Å². The average Bonchev–Trinajstić information content (AvgIpc) is 3.34. The molecule has 5 heteroatoms. The number of unbranched alkanes of at least 4 members (excludes halogenated alkanes) is 1. The number of nitrogens with zero attached hydrogens (tertiary/aromatic N) is 2. The van der Waals surface area contributed by atoms with E-state index in [2.05, 4.69) is 41.5 Å². The lowest BCUT2D eigenvalue weighted by Gasteiger charge is -2.20. The molecule has 4 atom stereocenters. The van der Waals surface area contributed by atoms with E-state index in [1.165, 1.54) is 18.5 Å². The lowest BCUT2D eigenvalue weighted by Crippen LogP contribution is -2.40. The van der Waals surface area contributed by atoms with Gasteiger partial charge in [0.05, 0.1) is 12.2 Å². The number of benzene rings is 1. The van der Waals surface area contributed by atoms with Gasteiger partial charge in [0, 0.05) is 50.7 Å². The number of amides is 2. The standard InChI is InChI=1S/C20H29N3O2/c1-22(15-7-3-2-4-8-15)12-6-5-11-21-20(24)23-13-16-17(14-23)19-10-9-18(16)25-19/h2-4,7-8,16-19H,5-6,9-14H2,1H3,(H,21,24)/t16-,17-,18+,19+/m0/s1. The van der Waals surface area contributed by atoms with Crippen molar-refractivity contribution in [2.24, 2.45) is 11.8 Å². The number of hydrogen-bond acceptors (Lipinski definition) is 3. The van der Waals surface area contributed by atoms with Crippen molar-refractivity contribution in [2.45, 2.75) is 37.9 Å². The van der Waals surface area contributed by atoms with Gasteiger partial charge in [-0.25, -0.2) is 4.79 Å². The topological polar surface area (TPSA) is 44.8 Å². The molecule has 0 unspecified atom stereocenters. The number of carbonyl (C=O) groups excluding carboxylic acids is 1. The summed E-state index contributed by atoms with van der Waals surface area (Å²) in [7, 11) is 2.12. The van der Waals surface area contributed by atoms with Gasteiger partial charge in [-0.2, -0.15) is 0 Å². The number of rotatable bonds is 6. The molecule has 1 aromatic rings. The van der Waals surface area contributed by atoms with Crippen LogP contribution in [0.3, 0.4) is 0 Å². The lowest BCUT2D eigenvalue weighted by molar-refractivity contribution is 0.0739. The molecule has 25 heavy (non-hydrogen) atoms. The molecule has 0 spiro atoms. The van der Waals surface area contributed by atoms with Gasteiger partial charge in [-0.3, -0.25) is 0 Å². The summed E-state index contributed by atoms with van der Waals surface area (Å²) in [5.74, 6) is 1.17. The highest BCUT2D eigenvalue weighted by Crippen LogP contribution is 2.47. The molecule has 0 saturated carbocycles. The number of hydrogen-bond donors (Lipinski definition) is 1. The predicted octanol–water partition coefficient (Wildman–Crippen LogP) is 2.72. The summed E-state index contributed by atoms with van der Waals surface area (Å²) in [4.78, 5) is 16.7. The van der Waals surface area contributed by atoms with Gasteiger partial charge in [-0.15, -0.1) is 0 Å². The average molecular weight is 343 g/mol. The molecule has 5 nitrogen and oxygen atoms in total. The van der Waals surface area contributed by atoms with Crippen LogP contribution in [0.5, 0.6) is 0 Å². The van der Waals surface area contributed by atoms with E-state index in [1.54, 1.807) is 0 Å². The summed E-state index contributed by atoms with van der Waals surface area (Å²) in [5, 5.41) is 3.11. The van der Waals surface area contributed by atoms with E-state index in [0.717, 1.165) is 39.0 Å². The molecule has 0 radical (unpaired) electrons. The molecular formula is C20H29N3O2. The fourth-order valence-electron chi connectivity index (χ4n) is 4.72. The Morgan fingerprint density at radius 1 is 1.16 bits per heavy atom. The summed E-state index contributed by atoms with van der Waals surface area (Å²) in [6.45, 7) is 3.54. The van der Waals surface area contributed by atoms with Gasteiger partial charge in [0.25, 0.3) is 0 Å². The van der Waals surface area contributed by atoms with Crippen LogP contribution >= 0.6 is 0 Å². The van der Waals surface area contributed by atoms with Crippen LogP contribution in [0, 0.1) is 11.8 Å². The Morgan fingerprint density at radius 3 is 2.52 bits per heavy atom. The van der Waals surface area contributed by atoms with E-state index in [-0.39, 0.29) is 6.03 Å². The van der Waals surface area contributed by atoms with Gasteiger partial charge < -0.3 is 19.9 Å². The number of para-hydroxylation sites is 1. The molecular weight excluding hydrogens is 314 g/mol. The molecule has 1 N–H and O–H groups in total. The second kappa shape index (κ2) is 7.24. The zero-order valence-electron chi connectivity index (χ0n) is 15.1. The van der Waals surface area contributed by atoms with Crippen LogP contribution in [-0.4, -0.2) is 56.4 Å². The minimum Gasteiger partial charge on any atom is -0.375 e. The largest absolute Gasteiger partial charge is 0.375 e. The lowest BCUT2D eigenvalue weighted by atomic mass is 9.82. The Morgan fingerprint density at radius 2 is 1.84 bits per heavy atom. The van der Waals surface area contributed by atoms with Crippen LogP contribution < -0.4 is 10.2 Å². The van der Waals surface area contributed by atoms with Gasteiger partial charge in [0.1, 0.15) is 0 Å². The number of fused-ring (bicyclic) bond motifs is 5. The van der Waals surface area contributed by atoms with Crippen molar-refractivity contribution >= 4 is 11.7 Å². The number of urea groups is 1. The molecule has 3 saturated heterocycles. The summed E-state index contributed by atoms with van der Waals surface area (Å²) < 4.78 is 5.98. The van der Waals surface area contributed by atoms with Crippen LogP contribution in [0.1, 0.15) is 25.7 Å². The third-order valence-electron chi connectivity index (χ3n) is 6.13. The summed E-state index contributed by atoms with van der Waals surface area (Å²) >= 11 is 0. The highest BCUT2D eigenvalue weighted by atomic mass is 16.5. The van der Waals surface area contributed by atoms with Crippen molar-refractivity contribution in [3.05, 3.63) is 30.3 Å². The normalized spacial score (nSPS) is 29.7. The highest BCUT2D eigenvalue weighted by Gasteiger charge is 2.53. The summed E-state index contributed by atoms with van der Waals surface area (Å²) in [6, 6.07) is 10.5. The maximum absolute atomic E-state index is 12.4. The Bertz CT molecular complexity index is 576.